The molecule has 0 atom stereocenters. The minimum atomic E-state index is 0.560. The highest BCUT2D eigenvalue weighted by Gasteiger charge is 2.17. The molecule has 0 aromatic carbocycles. The van der Waals surface area contributed by atoms with Crippen molar-refractivity contribution in [3.05, 3.63) is 33.7 Å². The fraction of sp³-hybridized carbons (Fsp3) is 0.562. The molecule has 5 nitrogen and oxygen atoms in total. The van der Waals surface area contributed by atoms with Crippen LogP contribution in [0.4, 0.5) is 5.82 Å². The van der Waals surface area contributed by atoms with Gasteiger partial charge in [-0.2, -0.15) is 0 Å². The van der Waals surface area contributed by atoms with Crippen LogP contribution in [-0.2, 0) is 6.42 Å². The number of nitrogens with one attached hydrogen (secondary N) is 2. The minimum absolute atomic E-state index is 0.560. The van der Waals surface area contributed by atoms with Gasteiger partial charge in [0.15, 0.2) is 0 Å². The maximum atomic E-state index is 4.64. The van der Waals surface area contributed by atoms with Crippen LogP contribution in [0.2, 0.25) is 0 Å². The van der Waals surface area contributed by atoms with E-state index in [4.69, 9.17) is 0 Å². The number of piperidine rings is 1. The van der Waals surface area contributed by atoms with Crippen molar-refractivity contribution >= 4 is 17.2 Å². The van der Waals surface area contributed by atoms with Crippen molar-refractivity contribution in [2.75, 3.05) is 25.0 Å². The second-order valence-electron chi connectivity index (χ2n) is 5.79. The number of rotatable bonds is 5. The van der Waals surface area contributed by atoms with Crippen LogP contribution in [0.3, 0.4) is 0 Å². The zero-order chi connectivity index (χ0) is 15.4. The van der Waals surface area contributed by atoms with Gasteiger partial charge >= 0.3 is 0 Å². The molecule has 0 radical (unpaired) electrons. The number of aromatic nitrogens is 3. The van der Waals surface area contributed by atoms with E-state index in [1.165, 1.54) is 15.6 Å². The maximum Gasteiger partial charge on any atom is 0.129 e. The molecule has 3 heterocycles. The van der Waals surface area contributed by atoms with Crippen molar-refractivity contribution in [3.63, 3.8) is 0 Å². The lowest BCUT2D eigenvalue weighted by atomic mass is 9.94. The number of aryl methyl sites for hydroxylation is 2. The number of nitrogens with zero attached hydrogens (tertiary/aromatic N) is 3. The fourth-order valence-electron chi connectivity index (χ4n) is 2.82. The lowest BCUT2D eigenvalue weighted by Crippen LogP contribution is -2.27. The van der Waals surface area contributed by atoms with Crippen molar-refractivity contribution in [1.29, 1.82) is 0 Å². The van der Waals surface area contributed by atoms with Crippen LogP contribution >= 0.6 is 11.3 Å². The molecule has 2 N–H and O–H groups in total. The van der Waals surface area contributed by atoms with Crippen LogP contribution in [0, 0.1) is 13.8 Å². The molecule has 0 bridgehead atoms. The Morgan fingerprint density at radius 2 is 2.09 bits per heavy atom. The highest BCUT2D eigenvalue weighted by molar-refractivity contribution is 7.11. The van der Waals surface area contributed by atoms with Gasteiger partial charge in [-0.1, -0.05) is 0 Å². The molecule has 0 unspecified atom stereocenters. The van der Waals surface area contributed by atoms with E-state index in [1.807, 2.05) is 13.1 Å². The summed E-state index contributed by atoms with van der Waals surface area (Å²) in [5.41, 5.74) is 1.18. The first kappa shape index (κ1) is 15.4. The molecule has 22 heavy (non-hydrogen) atoms. The van der Waals surface area contributed by atoms with E-state index in [1.54, 1.807) is 11.3 Å². The molecule has 2 aromatic rings. The van der Waals surface area contributed by atoms with Gasteiger partial charge in [0, 0.05) is 41.7 Å². The second kappa shape index (κ2) is 7.15. The van der Waals surface area contributed by atoms with Crippen LogP contribution < -0.4 is 10.6 Å². The summed E-state index contributed by atoms with van der Waals surface area (Å²) in [4.78, 5) is 14.8. The molecule has 1 saturated heterocycles. The van der Waals surface area contributed by atoms with Gasteiger partial charge in [0.2, 0.25) is 0 Å². The predicted octanol–water partition coefficient (Wildman–Crippen LogP) is 2.67. The van der Waals surface area contributed by atoms with Crippen LogP contribution in [0.1, 0.15) is 40.2 Å². The van der Waals surface area contributed by atoms with E-state index < -0.39 is 0 Å². The summed E-state index contributed by atoms with van der Waals surface area (Å²) in [6, 6.07) is 2.12. The average Bonchev–Trinajstić information content (AvgIpc) is 2.93. The van der Waals surface area contributed by atoms with Gasteiger partial charge in [-0.15, -0.1) is 11.3 Å². The molecule has 2 aromatic heterocycles. The summed E-state index contributed by atoms with van der Waals surface area (Å²) in [6.45, 7) is 7.09. The topological polar surface area (TPSA) is 62.7 Å². The van der Waals surface area contributed by atoms with Crippen molar-refractivity contribution < 1.29 is 0 Å². The number of hydrogen-bond acceptors (Lipinski definition) is 6. The molecule has 3 rings (SSSR count). The third kappa shape index (κ3) is 4.01. The molecule has 1 aliphatic heterocycles. The first-order valence-electron chi connectivity index (χ1n) is 7.92. The second-order valence-corrected chi connectivity index (χ2v) is 7.11. The molecular formula is C16H23N5S. The number of thiazole rings is 1. The molecule has 0 spiro atoms. The van der Waals surface area contributed by atoms with Crippen LogP contribution in [-0.4, -0.2) is 34.6 Å². The summed E-state index contributed by atoms with van der Waals surface area (Å²) < 4.78 is 0. The lowest BCUT2D eigenvalue weighted by molar-refractivity contribution is 0.452. The minimum Gasteiger partial charge on any atom is -0.370 e. The standard InChI is InChI=1S/C16H23N5S/c1-11-10-19-16(22-11)5-8-18-15-9-14(20-12(2)21-15)13-3-6-17-7-4-13/h9-10,13,17H,3-8H2,1-2H3,(H,18,20,21). The third-order valence-electron chi connectivity index (χ3n) is 3.93. The summed E-state index contributed by atoms with van der Waals surface area (Å²) in [5, 5.41) is 8.00. The summed E-state index contributed by atoms with van der Waals surface area (Å²) >= 11 is 1.76. The molecule has 1 fully saturated rings. The van der Waals surface area contributed by atoms with Gasteiger partial charge in [0.05, 0.1) is 5.01 Å². The fourth-order valence-corrected chi connectivity index (χ4v) is 3.61. The van der Waals surface area contributed by atoms with Gasteiger partial charge in [-0.05, 0) is 39.8 Å². The Labute approximate surface area is 135 Å². The normalized spacial score (nSPS) is 15.9. The Bertz CT molecular complexity index is 619. The molecule has 0 saturated carbocycles. The van der Waals surface area contributed by atoms with Gasteiger partial charge in [-0.3, -0.25) is 0 Å². The van der Waals surface area contributed by atoms with E-state index in [0.29, 0.717) is 5.92 Å². The number of hydrogen-bond donors (Lipinski definition) is 2. The van der Waals surface area contributed by atoms with Crippen LogP contribution in [0.15, 0.2) is 12.3 Å². The Balaban J connectivity index is 1.61. The summed E-state index contributed by atoms with van der Waals surface area (Å²) in [7, 11) is 0. The lowest BCUT2D eigenvalue weighted by Gasteiger charge is -2.22. The molecule has 0 aliphatic carbocycles. The Morgan fingerprint density at radius 3 is 2.82 bits per heavy atom. The Kier molecular flexibility index (Phi) is 5.00. The van der Waals surface area contributed by atoms with E-state index >= 15 is 0 Å². The predicted molar refractivity (Wildman–Crippen MR) is 90.7 cm³/mol. The van der Waals surface area contributed by atoms with Crippen LogP contribution in [0.25, 0.3) is 0 Å². The summed E-state index contributed by atoms with van der Waals surface area (Å²) in [6.07, 6.45) is 5.19. The van der Waals surface area contributed by atoms with Gasteiger partial charge in [-0.25, -0.2) is 15.0 Å². The highest BCUT2D eigenvalue weighted by Crippen LogP contribution is 2.25. The van der Waals surface area contributed by atoms with Crippen molar-refractivity contribution in [2.24, 2.45) is 0 Å². The summed E-state index contributed by atoms with van der Waals surface area (Å²) in [5.74, 6) is 2.35. The van der Waals surface area contributed by atoms with E-state index in [9.17, 15) is 0 Å². The van der Waals surface area contributed by atoms with Crippen molar-refractivity contribution in [3.8, 4) is 0 Å². The quantitative estimate of drug-likeness (QED) is 0.888. The average molecular weight is 317 g/mol. The molecular weight excluding hydrogens is 294 g/mol. The highest BCUT2D eigenvalue weighted by atomic mass is 32.1. The van der Waals surface area contributed by atoms with Crippen molar-refractivity contribution in [1.82, 2.24) is 20.3 Å². The smallest absolute Gasteiger partial charge is 0.129 e. The van der Waals surface area contributed by atoms with Gasteiger partial charge < -0.3 is 10.6 Å². The first-order chi connectivity index (χ1) is 10.7. The molecule has 0 amide bonds. The van der Waals surface area contributed by atoms with E-state index in [2.05, 4.69) is 38.6 Å². The van der Waals surface area contributed by atoms with Gasteiger partial charge in [0.25, 0.3) is 0 Å². The largest absolute Gasteiger partial charge is 0.370 e. The van der Waals surface area contributed by atoms with E-state index in [-0.39, 0.29) is 0 Å². The Morgan fingerprint density at radius 1 is 1.27 bits per heavy atom. The third-order valence-corrected chi connectivity index (χ3v) is 4.90. The maximum absolute atomic E-state index is 4.64. The first-order valence-corrected chi connectivity index (χ1v) is 8.74. The monoisotopic (exact) mass is 317 g/mol. The molecule has 1 aliphatic rings. The van der Waals surface area contributed by atoms with Crippen molar-refractivity contribution in [2.45, 2.75) is 39.0 Å². The zero-order valence-corrected chi connectivity index (χ0v) is 14.0. The molecule has 118 valence electrons. The van der Waals surface area contributed by atoms with Gasteiger partial charge in [0.1, 0.15) is 11.6 Å². The SMILES string of the molecule is Cc1nc(NCCc2ncc(C)s2)cc(C2CCNCC2)n1. The van der Waals surface area contributed by atoms with Crippen LogP contribution in [0.5, 0.6) is 0 Å². The molecule has 6 heteroatoms. The number of anilines is 1. The van der Waals surface area contributed by atoms with E-state index in [0.717, 1.165) is 50.5 Å². The Hall–Kier alpha value is -1.53. The zero-order valence-electron chi connectivity index (χ0n) is 13.2.